The Bertz CT molecular complexity index is 1030. The van der Waals surface area contributed by atoms with Crippen molar-refractivity contribution in [3.05, 3.63) is 65.2 Å². The number of likely N-dealkylation sites (tertiary alicyclic amines) is 1. The van der Waals surface area contributed by atoms with E-state index in [4.69, 9.17) is 4.74 Å². The molecule has 2 heterocycles. The van der Waals surface area contributed by atoms with Crippen LogP contribution in [0.4, 0.5) is 4.39 Å². The normalized spacial score (nSPS) is 24.9. The first-order chi connectivity index (χ1) is 14.1. The maximum absolute atomic E-state index is 13.5. The predicted octanol–water partition coefficient (Wildman–Crippen LogP) is 4.16. The number of aromatic nitrogens is 2. The van der Waals surface area contributed by atoms with E-state index in [-0.39, 0.29) is 11.9 Å². The van der Waals surface area contributed by atoms with E-state index < -0.39 is 0 Å². The fourth-order valence-electron chi connectivity index (χ4n) is 5.26. The number of hydrogen-bond acceptors (Lipinski definition) is 3. The minimum absolute atomic E-state index is 0.118. The highest BCUT2D eigenvalue weighted by molar-refractivity contribution is 5.76. The van der Waals surface area contributed by atoms with Gasteiger partial charge in [-0.2, -0.15) is 0 Å². The molecular formula is C24H28FN3O. The number of imidazole rings is 1. The van der Waals surface area contributed by atoms with Gasteiger partial charge in [0.2, 0.25) is 0 Å². The minimum Gasteiger partial charge on any atom is -0.378 e. The van der Waals surface area contributed by atoms with Crippen LogP contribution >= 0.6 is 0 Å². The lowest BCUT2D eigenvalue weighted by molar-refractivity contribution is -0.00875. The Morgan fingerprint density at radius 1 is 1.14 bits per heavy atom. The number of fused-ring (bicyclic) bond motifs is 2. The first-order valence-electron chi connectivity index (χ1n) is 10.6. The van der Waals surface area contributed by atoms with Crippen LogP contribution in [0.1, 0.15) is 29.2 Å². The van der Waals surface area contributed by atoms with Crippen LogP contribution in [0, 0.1) is 18.7 Å². The molecule has 2 aromatic carbocycles. The number of rotatable bonds is 4. The highest BCUT2D eigenvalue weighted by Crippen LogP contribution is 2.32. The Kier molecular flexibility index (Phi) is 4.88. The van der Waals surface area contributed by atoms with Gasteiger partial charge in [-0.05, 0) is 73.1 Å². The first kappa shape index (κ1) is 18.8. The van der Waals surface area contributed by atoms with Crippen LogP contribution in [0.5, 0.6) is 0 Å². The molecule has 1 fully saturated rings. The van der Waals surface area contributed by atoms with E-state index in [2.05, 4.69) is 39.6 Å². The molecule has 3 aromatic rings. The van der Waals surface area contributed by atoms with E-state index in [0.717, 1.165) is 44.4 Å². The van der Waals surface area contributed by atoms with Crippen LogP contribution in [0.25, 0.3) is 11.0 Å². The highest BCUT2D eigenvalue weighted by atomic mass is 19.1. The van der Waals surface area contributed by atoms with Crippen molar-refractivity contribution in [2.24, 2.45) is 5.92 Å². The van der Waals surface area contributed by atoms with Crippen LogP contribution in [0.2, 0.25) is 0 Å². The third-order valence-corrected chi connectivity index (χ3v) is 6.70. The van der Waals surface area contributed by atoms with Gasteiger partial charge in [0.25, 0.3) is 0 Å². The largest absolute Gasteiger partial charge is 0.378 e. The zero-order chi connectivity index (χ0) is 20.0. The number of methoxy groups -OCH3 is 1. The van der Waals surface area contributed by atoms with Gasteiger partial charge in [0.05, 0.1) is 29.5 Å². The number of aryl methyl sites for hydroxylation is 1. The number of nitrogens with zero attached hydrogens (tertiary/aromatic N) is 3. The number of benzene rings is 2. The van der Waals surface area contributed by atoms with E-state index in [1.807, 2.05) is 19.5 Å². The van der Waals surface area contributed by atoms with Gasteiger partial charge in [-0.25, -0.2) is 9.37 Å². The maximum atomic E-state index is 13.5. The van der Waals surface area contributed by atoms with E-state index >= 15 is 0 Å². The lowest BCUT2D eigenvalue weighted by atomic mass is 9.98. The van der Waals surface area contributed by atoms with Crippen molar-refractivity contribution < 1.29 is 9.13 Å². The summed E-state index contributed by atoms with van der Waals surface area (Å²) >= 11 is 0. The molecule has 29 heavy (non-hydrogen) atoms. The average Bonchev–Trinajstić information content (AvgIpc) is 3.30. The Balaban J connectivity index is 1.27. The van der Waals surface area contributed by atoms with Crippen LogP contribution < -0.4 is 0 Å². The maximum Gasteiger partial charge on any atom is 0.123 e. The van der Waals surface area contributed by atoms with E-state index in [1.54, 1.807) is 12.1 Å². The summed E-state index contributed by atoms with van der Waals surface area (Å²) in [7, 11) is 1.82. The van der Waals surface area contributed by atoms with Crippen molar-refractivity contribution in [1.82, 2.24) is 14.5 Å². The van der Waals surface area contributed by atoms with E-state index in [9.17, 15) is 4.39 Å². The zero-order valence-electron chi connectivity index (χ0n) is 17.1. The van der Waals surface area contributed by atoms with E-state index in [1.165, 1.54) is 22.2 Å². The van der Waals surface area contributed by atoms with Crippen LogP contribution in [0.15, 0.2) is 42.7 Å². The van der Waals surface area contributed by atoms with Crippen molar-refractivity contribution in [1.29, 1.82) is 0 Å². The molecule has 5 rings (SSSR count). The van der Waals surface area contributed by atoms with Crippen molar-refractivity contribution in [3.8, 4) is 0 Å². The molecule has 0 bridgehead atoms. The predicted molar refractivity (Wildman–Crippen MR) is 113 cm³/mol. The summed E-state index contributed by atoms with van der Waals surface area (Å²) in [6.07, 6.45) is 5.20. The first-order valence-corrected chi connectivity index (χ1v) is 10.6. The lowest BCUT2D eigenvalue weighted by Crippen LogP contribution is -2.47. The molecule has 0 N–H and O–H groups in total. The summed E-state index contributed by atoms with van der Waals surface area (Å²) in [4.78, 5) is 7.15. The molecule has 1 aliphatic carbocycles. The van der Waals surface area contributed by atoms with Gasteiger partial charge in [-0.1, -0.05) is 12.1 Å². The number of halogens is 1. The molecule has 0 saturated carbocycles. The molecule has 0 spiro atoms. The molecule has 5 heteroatoms. The van der Waals surface area contributed by atoms with E-state index in [0.29, 0.717) is 12.0 Å². The summed E-state index contributed by atoms with van der Waals surface area (Å²) in [5.41, 5.74) is 5.98. The van der Waals surface area contributed by atoms with Gasteiger partial charge < -0.3 is 14.2 Å². The zero-order valence-corrected chi connectivity index (χ0v) is 17.1. The minimum atomic E-state index is -0.118. The Hall–Kier alpha value is -2.24. The van der Waals surface area contributed by atoms with Crippen LogP contribution in [-0.2, 0) is 17.6 Å². The topological polar surface area (TPSA) is 30.3 Å². The van der Waals surface area contributed by atoms with Gasteiger partial charge in [0, 0.05) is 26.7 Å². The molecule has 1 unspecified atom stereocenters. The summed E-state index contributed by atoms with van der Waals surface area (Å²) in [5, 5.41) is 0. The Morgan fingerprint density at radius 2 is 2.00 bits per heavy atom. The SMILES string of the molecule is CO[C@@H]1CN(CC2Cc3ccc(F)cc3C2)CC[C@H]1n1cnc2cc(C)ccc21. The van der Waals surface area contributed by atoms with Gasteiger partial charge in [0.15, 0.2) is 0 Å². The second kappa shape index (κ2) is 7.54. The summed E-state index contributed by atoms with van der Waals surface area (Å²) < 4.78 is 21.8. The molecule has 3 atom stereocenters. The Labute approximate surface area is 171 Å². The van der Waals surface area contributed by atoms with Gasteiger partial charge in [-0.15, -0.1) is 0 Å². The fraction of sp³-hybridized carbons (Fsp3) is 0.458. The molecule has 1 aromatic heterocycles. The smallest absolute Gasteiger partial charge is 0.123 e. The molecule has 1 saturated heterocycles. The summed E-state index contributed by atoms with van der Waals surface area (Å²) in [6, 6.07) is 12.0. The standard InChI is InChI=1S/C24H28FN3O/c1-16-3-6-22-21(9-16)26-15-28(22)23-7-8-27(14-24(23)29-2)13-17-10-18-4-5-20(25)12-19(18)11-17/h3-6,9,12,15,17,23-24H,7-8,10-11,13-14H2,1-2H3/t17?,23-,24-/m1/s1. The monoisotopic (exact) mass is 393 g/mol. The second-order valence-corrected chi connectivity index (χ2v) is 8.72. The number of hydrogen-bond donors (Lipinski definition) is 0. The average molecular weight is 394 g/mol. The van der Waals surface area contributed by atoms with Gasteiger partial charge >= 0.3 is 0 Å². The highest BCUT2D eigenvalue weighted by Gasteiger charge is 2.33. The van der Waals surface area contributed by atoms with Crippen LogP contribution in [-0.4, -0.2) is 47.3 Å². The molecule has 1 aliphatic heterocycles. The van der Waals surface area contributed by atoms with Crippen molar-refractivity contribution >= 4 is 11.0 Å². The number of piperidine rings is 1. The quantitative estimate of drug-likeness (QED) is 0.667. The third kappa shape index (κ3) is 3.58. The lowest BCUT2D eigenvalue weighted by Gasteiger charge is -2.39. The van der Waals surface area contributed by atoms with Gasteiger partial charge in [0.1, 0.15) is 5.82 Å². The van der Waals surface area contributed by atoms with Crippen molar-refractivity contribution in [3.63, 3.8) is 0 Å². The molecule has 0 amide bonds. The van der Waals surface area contributed by atoms with Crippen molar-refractivity contribution in [2.75, 3.05) is 26.7 Å². The fourth-order valence-corrected chi connectivity index (χ4v) is 5.26. The molecule has 152 valence electrons. The third-order valence-electron chi connectivity index (χ3n) is 6.70. The molecule has 2 aliphatic rings. The van der Waals surface area contributed by atoms with Crippen LogP contribution in [0.3, 0.4) is 0 Å². The Morgan fingerprint density at radius 3 is 2.86 bits per heavy atom. The molecular weight excluding hydrogens is 365 g/mol. The number of ether oxygens (including phenoxy) is 1. The summed E-state index contributed by atoms with van der Waals surface area (Å²) in [5.74, 6) is 0.449. The van der Waals surface area contributed by atoms with Crippen molar-refractivity contribution in [2.45, 2.75) is 38.3 Å². The second-order valence-electron chi connectivity index (χ2n) is 8.72. The van der Waals surface area contributed by atoms with Gasteiger partial charge in [-0.3, -0.25) is 0 Å². The molecule has 0 radical (unpaired) electrons. The summed E-state index contributed by atoms with van der Waals surface area (Å²) in [6.45, 7) is 5.13. The molecule has 4 nitrogen and oxygen atoms in total.